The van der Waals surface area contributed by atoms with Crippen LogP contribution in [0.25, 0.3) is 82.4 Å². The Morgan fingerprint density at radius 1 is 0.293 bits per heavy atom. The summed E-state index contributed by atoms with van der Waals surface area (Å²) in [6, 6.07) is 83.7. The molecule has 11 aromatic rings. The van der Waals surface area contributed by atoms with Gasteiger partial charge in [-0.3, -0.25) is 0 Å². The fraction of sp³-hybridized carbons (Fsp3) is 0. The third-order valence-electron chi connectivity index (χ3n) is 11.6. The number of para-hydroxylation sites is 2. The fourth-order valence-electron chi connectivity index (χ4n) is 8.67. The Balaban J connectivity index is 0.981. The second-order valence-corrected chi connectivity index (χ2v) is 15.0. The molecule has 10 aromatic carbocycles. The molecule has 2 nitrogen and oxygen atoms in total. The van der Waals surface area contributed by atoms with E-state index in [1.54, 1.807) is 0 Å². The van der Waals surface area contributed by atoms with Crippen LogP contribution in [0.2, 0.25) is 0 Å². The number of fused-ring (bicyclic) bond motifs is 5. The summed E-state index contributed by atoms with van der Waals surface area (Å²) >= 11 is 0. The molecule has 0 fully saturated rings. The molecule has 0 spiro atoms. The third-order valence-corrected chi connectivity index (χ3v) is 11.6. The van der Waals surface area contributed by atoms with E-state index in [1.807, 2.05) is 0 Å². The van der Waals surface area contributed by atoms with Gasteiger partial charge in [-0.2, -0.15) is 0 Å². The van der Waals surface area contributed by atoms with Crippen LogP contribution >= 0.6 is 0 Å². The van der Waals surface area contributed by atoms with E-state index in [4.69, 9.17) is 0 Å². The molecular formula is C56H38N2. The van der Waals surface area contributed by atoms with Gasteiger partial charge in [0.15, 0.2) is 0 Å². The molecule has 1 heterocycles. The number of anilines is 3. The molecule has 0 aliphatic rings. The van der Waals surface area contributed by atoms with Crippen LogP contribution in [0.5, 0.6) is 0 Å². The Bertz CT molecular complexity index is 3250. The van der Waals surface area contributed by atoms with Crippen molar-refractivity contribution in [2.24, 2.45) is 0 Å². The van der Waals surface area contributed by atoms with E-state index >= 15 is 0 Å². The summed E-state index contributed by atoms with van der Waals surface area (Å²) in [7, 11) is 0. The van der Waals surface area contributed by atoms with E-state index in [9.17, 15) is 0 Å². The highest BCUT2D eigenvalue weighted by Crippen LogP contribution is 2.43. The smallest absolute Gasteiger partial charge is 0.0547 e. The summed E-state index contributed by atoms with van der Waals surface area (Å²) < 4.78 is 2.40. The lowest BCUT2D eigenvalue weighted by Gasteiger charge is -2.28. The van der Waals surface area contributed by atoms with E-state index < -0.39 is 0 Å². The summed E-state index contributed by atoms with van der Waals surface area (Å²) in [5, 5.41) is 7.52. The van der Waals surface area contributed by atoms with Gasteiger partial charge in [-0.05, 0) is 116 Å². The lowest BCUT2D eigenvalue weighted by atomic mass is 9.98. The maximum Gasteiger partial charge on any atom is 0.0547 e. The number of rotatable bonds is 7. The number of nitrogens with zero attached hydrogens (tertiary/aromatic N) is 2. The van der Waals surface area contributed by atoms with Crippen LogP contribution in [0.15, 0.2) is 231 Å². The number of aromatic nitrogens is 1. The van der Waals surface area contributed by atoms with Gasteiger partial charge in [0.2, 0.25) is 0 Å². The van der Waals surface area contributed by atoms with Gasteiger partial charge in [0.1, 0.15) is 0 Å². The van der Waals surface area contributed by atoms with Gasteiger partial charge in [0.05, 0.1) is 16.7 Å². The molecular weight excluding hydrogens is 701 g/mol. The highest BCUT2D eigenvalue weighted by molar-refractivity contribution is 6.13. The molecule has 11 rings (SSSR count). The van der Waals surface area contributed by atoms with Crippen molar-refractivity contribution in [3.05, 3.63) is 231 Å². The van der Waals surface area contributed by atoms with Crippen molar-refractivity contribution in [1.82, 2.24) is 4.57 Å². The van der Waals surface area contributed by atoms with Crippen LogP contribution in [0.1, 0.15) is 0 Å². The zero-order valence-corrected chi connectivity index (χ0v) is 31.8. The Hall–Kier alpha value is -7.68. The lowest BCUT2D eigenvalue weighted by molar-refractivity contribution is 1.18. The van der Waals surface area contributed by atoms with Gasteiger partial charge in [-0.15, -0.1) is 0 Å². The second kappa shape index (κ2) is 14.1. The maximum absolute atomic E-state index is 2.40. The van der Waals surface area contributed by atoms with Crippen molar-refractivity contribution < 1.29 is 0 Å². The quantitative estimate of drug-likeness (QED) is 0.158. The number of benzene rings is 10. The van der Waals surface area contributed by atoms with Crippen LogP contribution in [0.4, 0.5) is 17.1 Å². The number of hydrogen-bond donors (Lipinski definition) is 0. The SMILES string of the molecule is c1ccc(-c2ccc(N(c3ccc(-c4ccc(-n5c6ccccc6c6cc7ccccc7cc65)cc4)cc3)c3ccccc3-c3ccc4ccccc4c3)cc2)cc1. The zero-order valence-electron chi connectivity index (χ0n) is 31.8. The first-order chi connectivity index (χ1) is 28.7. The normalized spacial score (nSPS) is 11.4. The molecule has 0 saturated carbocycles. The van der Waals surface area contributed by atoms with Crippen molar-refractivity contribution in [1.29, 1.82) is 0 Å². The molecule has 0 aliphatic carbocycles. The van der Waals surface area contributed by atoms with Crippen LogP contribution in [-0.2, 0) is 0 Å². The van der Waals surface area contributed by atoms with Crippen molar-refractivity contribution in [2.75, 3.05) is 4.90 Å². The van der Waals surface area contributed by atoms with Crippen molar-refractivity contribution in [3.63, 3.8) is 0 Å². The molecule has 0 N–H and O–H groups in total. The van der Waals surface area contributed by atoms with Gasteiger partial charge in [0, 0.05) is 33.4 Å². The first-order valence-electron chi connectivity index (χ1n) is 19.9. The molecule has 0 atom stereocenters. The monoisotopic (exact) mass is 738 g/mol. The molecule has 0 aliphatic heterocycles. The van der Waals surface area contributed by atoms with E-state index in [0.29, 0.717) is 0 Å². The third kappa shape index (κ3) is 5.91. The first kappa shape index (κ1) is 33.6. The zero-order chi connectivity index (χ0) is 38.4. The molecule has 0 unspecified atom stereocenters. The lowest BCUT2D eigenvalue weighted by Crippen LogP contribution is -2.11. The topological polar surface area (TPSA) is 8.17 Å². The average molecular weight is 739 g/mol. The predicted octanol–water partition coefficient (Wildman–Crippen LogP) is 15.6. The molecule has 0 radical (unpaired) electrons. The van der Waals surface area contributed by atoms with Gasteiger partial charge in [-0.1, -0.05) is 164 Å². The summed E-state index contributed by atoms with van der Waals surface area (Å²) in [4.78, 5) is 2.39. The summed E-state index contributed by atoms with van der Waals surface area (Å²) in [5.41, 5.74) is 14.0. The molecule has 0 saturated heterocycles. The molecule has 0 bridgehead atoms. The Morgan fingerprint density at radius 3 is 1.48 bits per heavy atom. The van der Waals surface area contributed by atoms with Crippen LogP contribution < -0.4 is 4.90 Å². The van der Waals surface area contributed by atoms with Gasteiger partial charge in [0.25, 0.3) is 0 Å². The van der Waals surface area contributed by atoms with Crippen molar-refractivity contribution >= 4 is 60.4 Å². The van der Waals surface area contributed by atoms with Crippen molar-refractivity contribution in [2.45, 2.75) is 0 Å². The minimum Gasteiger partial charge on any atom is -0.310 e. The Labute approximate surface area is 338 Å². The summed E-state index contributed by atoms with van der Waals surface area (Å²) in [5.74, 6) is 0. The highest BCUT2D eigenvalue weighted by Gasteiger charge is 2.18. The van der Waals surface area contributed by atoms with E-state index in [0.717, 1.165) is 22.7 Å². The van der Waals surface area contributed by atoms with Crippen molar-refractivity contribution in [3.8, 4) is 39.1 Å². The van der Waals surface area contributed by atoms with E-state index in [-0.39, 0.29) is 0 Å². The van der Waals surface area contributed by atoms with Gasteiger partial charge in [-0.25, -0.2) is 0 Å². The van der Waals surface area contributed by atoms with E-state index in [2.05, 4.69) is 240 Å². The van der Waals surface area contributed by atoms with Crippen LogP contribution in [0.3, 0.4) is 0 Å². The molecule has 2 heteroatoms. The minimum atomic E-state index is 1.10. The van der Waals surface area contributed by atoms with Gasteiger partial charge >= 0.3 is 0 Å². The molecule has 0 amide bonds. The molecule has 58 heavy (non-hydrogen) atoms. The Kier molecular flexibility index (Phi) is 8.19. The first-order valence-corrected chi connectivity index (χ1v) is 19.9. The summed E-state index contributed by atoms with van der Waals surface area (Å²) in [6.07, 6.45) is 0. The summed E-state index contributed by atoms with van der Waals surface area (Å²) in [6.45, 7) is 0. The largest absolute Gasteiger partial charge is 0.310 e. The highest BCUT2D eigenvalue weighted by atomic mass is 15.1. The fourth-order valence-corrected chi connectivity index (χ4v) is 8.67. The second-order valence-electron chi connectivity index (χ2n) is 15.0. The molecule has 1 aromatic heterocycles. The predicted molar refractivity (Wildman–Crippen MR) is 247 cm³/mol. The average Bonchev–Trinajstić information content (AvgIpc) is 3.62. The maximum atomic E-state index is 2.40. The number of hydrogen-bond acceptors (Lipinski definition) is 1. The van der Waals surface area contributed by atoms with Crippen LogP contribution in [-0.4, -0.2) is 4.57 Å². The minimum absolute atomic E-state index is 1.10. The van der Waals surface area contributed by atoms with E-state index in [1.165, 1.54) is 76.7 Å². The molecule has 272 valence electrons. The Morgan fingerprint density at radius 2 is 0.793 bits per heavy atom. The van der Waals surface area contributed by atoms with Gasteiger partial charge < -0.3 is 9.47 Å². The standard InChI is InChI=1S/C56H38N2/c1-2-12-39(13-3-1)41-24-30-48(31-25-41)57(54-20-10-8-18-51(54)47-23-22-40-14-4-5-15-44(40)36-47)49-32-26-42(27-33-49)43-28-34-50(35-29-43)58-55-21-11-9-19-52(55)53-37-45-16-6-7-17-46(45)38-56(53)58/h1-38H. The van der Waals surface area contributed by atoms with Crippen LogP contribution in [0, 0.1) is 0 Å².